The number of nitrogens with one attached hydrogen (secondary N) is 1. The quantitative estimate of drug-likeness (QED) is 0.545. The number of amides is 1. The van der Waals surface area contributed by atoms with Crippen LogP contribution in [0.5, 0.6) is 0 Å². The molecule has 0 aromatic rings. The lowest BCUT2D eigenvalue weighted by molar-refractivity contribution is -0.136. The van der Waals surface area contributed by atoms with E-state index in [-0.39, 0.29) is 18.9 Å². The van der Waals surface area contributed by atoms with Crippen LogP contribution >= 0.6 is 0 Å². The van der Waals surface area contributed by atoms with Gasteiger partial charge < -0.3 is 16.2 Å². The summed E-state index contributed by atoms with van der Waals surface area (Å²) in [6.07, 6.45) is 2.49. The van der Waals surface area contributed by atoms with Crippen molar-refractivity contribution >= 4 is 11.9 Å². The Kier molecular flexibility index (Phi) is 6.74. The van der Waals surface area contributed by atoms with Gasteiger partial charge in [0, 0.05) is 6.54 Å². The molecule has 0 aromatic heterocycles. The van der Waals surface area contributed by atoms with Gasteiger partial charge in [-0.3, -0.25) is 9.59 Å². The average molecular weight is 202 g/mol. The number of aliphatic carboxylic acids is 1. The molecule has 0 saturated carbocycles. The number of carboxylic acid groups (broad SMARTS) is 1. The van der Waals surface area contributed by atoms with Gasteiger partial charge in [-0.1, -0.05) is 19.8 Å². The molecule has 1 atom stereocenters. The van der Waals surface area contributed by atoms with Gasteiger partial charge in [-0.05, 0) is 6.42 Å². The molecule has 0 radical (unpaired) electrons. The van der Waals surface area contributed by atoms with E-state index < -0.39 is 12.0 Å². The van der Waals surface area contributed by atoms with E-state index in [9.17, 15) is 9.59 Å². The maximum atomic E-state index is 11.2. The molecule has 5 nitrogen and oxygen atoms in total. The number of carbonyl (C=O) groups excluding carboxylic acids is 1. The van der Waals surface area contributed by atoms with Gasteiger partial charge in [0.15, 0.2) is 0 Å². The number of hydrogen-bond donors (Lipinski definition) is 3. The van der Waals surface area contributed by atoms with Gasteiger partial charge in [-0.15, -0.1) is 0 Å². The molecule has 0 aromatic carbocycles. The Morgan fingerprint density at radius 1 is 1.50 bits per heavy atom. The number of unbranched alkanes of at least 4 members (excludes halogenated alkanes) is 1. The number of hydrogen-bond acceptors (Lipinski definition) is 3. The second kappa shape index (κ2) is 7.32. The van der Waals surface area contributed by atoms with Crippen LogP contribution in [-0.4, -0.2) is 29.6 Å². The Morgan fingerprint density at radius 2 is 2.14 bits per heavy atom. The van der Waals surface area contributed by atoms with Crippen molar-refractivity contribution in [3.05, 3.63) is 0 Å². The smallest absolute Gasteiger partial charge is 0.305 e. The molecular formula is C9H18N2O3. The molecule has 5 heteroatoms. The zero-order valence-corrected chi connectivity index (χ0v) is 8.45. The lowest BCUT2D eigenvalue weighted by Crippen LogP contribution is -2.41. The second-order valence-corrected chi connectivity index (χ2v) is 3.18. The highest BCUT2D eigenvalue weighted by Crippen LogP contribution is 1.97. The SMILES string of the molecule is CCCCC(N)C(=O)NCCC(=O)O. The van der Waals surface area contributed by atoms with Gasteiger partial charge in [0.2, 0.25) is 5.91 Å². The molecule has 0 bridgehead atoms. The van der Waals surface area contributed by atoms with Crippen LogP contribution < -0.4 is 11.1 Å². The van der Waals surface area contributed by atoms with Crippen molar-refractivity contribution in [2.24, 2.45) is 5.73 Å². The summed E-state index contributed by atoms with van der Waals surface area (Å²) in [6.45, 7) is 2.17. The van der Waals surface area contributed by atoms with E-state index in [1.165, 1.54) is 0 Å². The Balaban J connectivity index is 3.56. The summed E-state index contributed by atoms with van der Waals surface area (Å²) in [6, 6.07) is -0.510. The predicted octanol–water partition coefficient (Wildman–Crippen LogP) is 0.0948. The molecule has 4 N–H and O–H groups in total. The van der Waals surface area contributed by atoms with E-state index in [1.807, 2.05) is 6.92 Å². The fourth-order valence-electron chi connectivity index (χ4n) is 0.979. The topological polar surface area (TPSA) is 92.4 Å². The summed E-state index contributed by atoms with van der Waals surface area (Å²) >= 11 is 0. The van der Waals surface area contributed by atoms with Crippen molar-refractivity contribution in [1.29, 1.82) is 0 Å². The molecular weight excluding hydrogens is 184 g/mol. The van der Waals surface area contributed by atoms with Crippen molar-refractivity contribution in [1.82, 2.24) is 5.32 Å². The molecule has 14 heavy (non-hydrogen) atoms. The van der Waals surface area contributed by atoms with Crippen LogP contribution in [0.1, 0.15) is 32.6 Å². The normalized spacial score (nSPS) is 12.1. The zero-order chi connectivity index (χ0) is 11.0. The maximum absolute atomic E-state index is 11.2. The molecule has 0 aliphatic heterocycles. The van der Waals surface area contributed by atoms with Crippen molar-refractivity contribution in [2.75, 3.05) is 6.54 Å². The third kappa shape index (κ3) is 6.42. The average Bonchev–Trinajstić information content (AvgIpc) is 2.13. The molecule has 0 heterocycles. The van der Waals surface area contributed by atoms with Gasteiger partial charge in [-0.2, -0.15) is 0 Å². The van der Waals surface area contributed by atoms with Gasteiger partial charge >= 0.3 is 5.97 Å². The molecule has 0 spiro atoms. The first-order valence-electron chi connectivity index (χ1n) is 4.83. The van der Waals surface area contributed by atoms with Crippen LogP contribution in [-0.2, 0) is 9.59 Å². The Bertz CT molecular complexity index is 194. The minimum atomic E-state index is -0.924. The first kappa shape index (κ1) is 12.9. The number of rotatable bonds is 7. The summed E-state index contributed by atoms with van der Waals surface area (Å²) in [5.41, 5.74) is 5.56. The molecule has 0 aliphatic rings. The summed E-state index contributed by atoms with van der Waals surface area (Å²) in [5, 5.41) is 10.8. The van der Waals surface area contributed by atoms with Crippen molar-refractivity contribution in [3.63, 3.8) is 0 Å². The minimum absolute atomic E-state index is 0.0633. The van der Waals surface area contributed by atoms with Crippen LogP contribution in [0.15, 0.2) is 0 Å². The van der Waals surface area contributed by atoms with Crippen molar-refractivity contribution in [2.45, 2.75) is 38.6 Å². The van der Waals surface area contributed by atoms with E-state index in [2.05, 4.69) is 5.32 Å². The highest BCUT2D eigenvalue weighted by molar-refractivity contribution is 5.81. The van der Waals surface area contributed by atoms with E-state index in [1.54, 1.807) is 0 Å². The van der Waals surface area contributed by atoms with Gasteiger partial charge in [0.1, 0.15) is 0 Å². The monoisotopic (exact) mass is 202 g/mol. The van der Waals surface area contributed by atoms with E-state index in [4.69, 9.17) is 10.8 Å². The largest absolute Gasteiger partial charge is 0.481 e. The van der Waals surface area contributed by atoms with Gasteiger partial charge in [0.25, 0.3) is 0 Å². The molecule has 1 unspecified atom stereocenters. The number of nitrogens with two attached hydrogens (primary N) is 1. The molecule has 0 saturated heterocycles. The van der Waals surface area contributed by atoms with Crippen LogP contribution in [0.4, 0.5) is 0 Å². The van der Waals surface area contributed by atoms with Gasteiger partial charge in [-0.25, -0.2) is 0 Å². The predicted molar refractivity (Wildman–Crippen MR) is 52.8 cm³/mol. The van der Waals surface area contributed by atoms with Gasteiger partial charge in [0.05, 0.1) is 12.5 Å². The molecule has 0 aliphatic carbocycles. The molecule has 1 amide bonds. The number of carbonyl (C=O) groups is 2. The van der Waals surface area contributed by atoms with Crippen LogP contribution in [0, 0.1) is 0 Å². The highest BCUT2D eigenvalue weighted by Gasteiger charge is 2.11. The molecule has 0 rings (SSSR count). The van der Waals surface area contributed by atoms with Crippen LogP contribution in [0.2, 0.25) is 0 Å². The molecule has 82 valence electrons. The van der Waals surface area contributed by atoms with Crippen molar-refractivity contribution < 1.29 is 14.7 Å². The first-order valence-corrected chi connectivity index (χ1v) is 4.83. The van der Waals surface area contributed by atoms with Crippen molar-refractivity contribution in [3.8, 4) is 0 Å². The highest BCUT2D eigenvalue weighted by atomic mass is 16.4. The fourth-order valence-corrected chi connectivity index (χ4v) is 0.979. The standard InChI is InChI=1S/C9H18N2O3/c1-2-3-4-7(10)9(14)11-6-5-8(12)13/h7H,2-6,10H2,1H3,(H,11,14)(H,12,13). The van der Waals surface area contributed by atoms with E-state index >= 15 is 0 Å². The first-order chi connectivity index (χ1) is 6.57. The number of carboxylic acids is 1. The second-order valence-electron chi connectivity index (χ2n) is 3.18. The Morgan fingerprint density at radius 3 is 2.64 bits per heavy atom. The maximum Gasteiger partial charge on any atom is 0.305 e. The third-order valence-corrected chi connectivity index (χ3v) is 1.84. The Hall–Kier alpha value is -1.10. The van der Waals surface area contributed by atoms with E-state index in [0.29, 0.717) is 6.42 Å². The minimum Gasteiger partial charge on any atom is -0.481 e. The van der Waals surface area contributed by atoms with Crippen LogP contribution in [0.25, 0.3) is 0 Å². The van der Waals surface area contributed by atoms with Crippen LogP contribution in [0.3, 0.4) is 0 Å². The lowest BCUT2D eigenvalue weighted by Gasteiger charge is -2.10. The lowest BCUT2D eigenvalue weighted by atomic mass is 10.1. The Labute approximate surface area is 83.7 Å². The third-order valence-electron chi connectivity index (χ3n) is 1.84. The molecule has 0 fully saturated rings. The zero-order valence-electron chi connectivity index (χ0n) is 8.45. The summed E-state index contributed by atoms with van der Waals surface area (Å²) in [5.74, 6) is -1.19. The van der Waals surface area contributed by atoms with E-state index in [0.717, 1.165) is 12.8 Å². The summed E-state index contributed by atoms with van der Waals surface area (Å²) < 4.78 is 0. The summed E-state index contributed by atoms with van der Waals surface area (Å²) in [4.78, 5) is 21.3. The fraction of sp³-hybridized carbons (Fsp3) is 0.778. The summed E-state index contributed by atoms with van der Waals surface area (Å²) in [7, 11) is 0.